The van der Waals surface area contributed by atoms with E-state index in [1.165, 1.54) is 21.3 Å². The Labute approximate surface area is 76.1 Å². The number of rotatable bonds is 0. The molecular formula is C10H11NS. The highest BCUT2D eigenvalue weighted by Gasteiger charge is 2.04. The Morgan fingerprint density at radius 3 is 2.42 bits per heavy atom. The van der Waals surface area contributed by atoms with Gasteiger partial charge in [0.25, 0.3) is 0 Å². The Bertz CT molecular complexity index is 390. The zero-order valence-electron chi connectivity index (χ0n) is 7.51. The number of benzene rings is 1. The maximum atomic E-state index is 4.49. The van der Waals surface area contributed by atoms with E-state index in [2.05, 4.69) is 37.9 Å². The number of hydrogen-bond acceptors (Lipinski definition) is 2. The molecule has 1 heterocycles. The number of fused-ring (bicyclic) bond motifs is 1. The topological polar surface area (TPSA) is 12.9 Å². The van der Waals surface area contributed by atoms with E-state index >= 15 is 0 Å². The van der Waals surface area contributed by atoms with Crippen LogP contribution in [0.5, 0.6) is 0 Å². The van der Waals surface area contributed by atoms with Crippen molar-refractivity contribution in [2.24, 2.45) is 0 Å². The number of hydrogen-bond donors (Lipinski definition) is 0. The van der Waals surface area contributed by atoms with Crippen molar-refractivity contribution in [1.82, 2.24) is 4.98 Å². The van der Waals surface area contributed by atoms with E-state index in [4.69, 9.17) is 0 Å². The van der Waals surface area contributed by atoms with Crippen LogP contribution >= 0.6 is 11.3 Å². The molecule has 12 heavy (non-hydrogen) atoms. The molecule has 0 saturated carbocycles. The zero-order valence-corrected chi connectivity index (χ0v) is 8.33. The van der Waals surface area contributed by atoms with Crippen LogP contribution in [0.15, 0.2) is 12.1 Å². The summed E-state index contributed by atoms with van der Waals surface area (Å²) >= 11 is 1.78. The highest BCUT2D eigenvalue weighted by Crippen LogP contribution is 2.27. The lowest BCUT2D eigenvalue weighted by molar-refractivity contribution is 1.32. The maximum Gasteiger partial charge on any atom is 0.0907 e. The van der Waals surface area contributed by atoms with Gasteiger partial charge in [-0.2, -0.15) is 0 Å². The molecule has 0 radical (unpaired) electrons. The monoisotopic (exact) mass is 177 g/mol. The Hall–Kier alpha value is -0.890. The summed E-state index contributed by atoms with van der Waals surface area (Å²) in [5.41, 5.74) is 3.79. The average Bonchev–Trinajstić information content (AvgIpc) is 2.41. The van der Waals surface area contributed by atoms with Gasteiger partial charge in [0.15, 0.2) is 0 Å². The van der Waals surface area contributed by atoms with E-state index in [1.807, 2.05) is 0 Å². The van der Waals surface area contributed by atoms with Crippen molar-refractivity contribution in [3.63, 3.8) is 0 Å². The molecule has 2 rings (SSSR count). The quantitative estimate of drug-likeness (QED) is 0.602. The van der Waals surface area contributed by atoms with Crippen LogP contribution in [0, 0.1) is 20.8 Å². The highest BCUT2D eigenvalue weighted by atomic mass is 32.1. The second kappa shape index (κ2) is 2.56. The fraction of sp³-hybridized carbons (Fsp3) is 0.300. The van der Waals surface area contributed by atoms with Gasteiger partial charge >= 0.3 is 0 Å². The van der Waals surface area contributed by atoms with E-state index < -0.39 is 0 Å². The van der Waals surface area contributed by atoms with Crippen LogP contribution in [0.2, 0.25) is 0 Å². The van der Waals surface area contributed by atoms with E-state index in [1.54, 1.807) is 11.3 Å². The molecule has 2 heteroatoms. The highest BCUT2D eigenvalue weighted by molar-refractivity contribution is 7.18. The van der Waals surface area contributed by atoms with Crippen molar-refractivity contribution in [3.05, 3.63) is 28.3 Å². The number of thiazole rings is 1. The van der Waals surface area contributed by atoms with E-state index in [0.29, 0.717) is 0 Å². The van der Waals surface area contributed by atoms with Gasteiger partial charge in [-0.1, -0.05) is 12.1 Å². The Balaban J connectivity index is 2.93. The SMILES string of the molecule is Cc1nc2c(C)ccc(C)c2s1. The predicted molar refractivity (Wildman–Crippen MR) is 53.8 cm³/mol. The van der Waals surface area contributed by atoms with Crippen LogP contribution in [-0.2, 0) is 0 Å². The molecule has 0 fully saturated rings. The standard InChI is InChI=1S/C10H11NS/c1-6-4-5-7(2)10-9(6)11-8(3)12-10/h4-5H,1-3H3. The van der Waals surface area contributed by atoms with E-state index in [0.717, 1.165) is 5.01 Å². The predicted octanol–water partition coefficient (Wildman–Crippen LogP) is 3.22. The van der Waals surface area contributed by atoms with Gasteiger partial charge < -0.3 is 0 Å². The Morgan fingerprint density at radius 1 is 1.08 bits per heavy atom. The van der Waals surface area contributed by atoms with Crippen LogP contribution in [-0.4, -0.2) is 4.98 Å². The van der Waals surface area contributed by atoms with Gasteiger partial charge in [0.1, 0.15) is 0 Å². The first-order chi connectivity index (χ1) is 5.68. The van der Waals surface area contributed by atoms with Gasteiger partial charge in [-0.3, -0.25) is 0 Å². The van der Waals surface area contributed by atoms with E-state index in [9.17, 15) is 0 Å². The minimum atomic E-state index is 1.16. The van der Waals surface area contributed by atoms with Crippen molar-refractivity contribution < 1.29 is 0 Å². The molecule has 0 unspecified atom stereocenters. The first kappa shape index (κ1) is 7.74. The molecule has 0 atom stereocenters. The van der Waals surface area contributed by atoms with E-state index in [-0.39, 0.29) is 0 Å². The minimum Gasteiger partial charge on any atom is -0.241 e. The normalized spacial score (nSPS) is 10.9. The second-order valence-electron chi connectivity index (χ2n) is 3.11. The van der Waals surface area contributed by atoms with Gasteiger partial charge in [0.2, 0.25) is 0 Å². The summed E-state index contributed by atoms with van der Waals surface area (Å²) in [7, 11) is 0. The Morgan fingerprint density at radius 2 is 1.75 bits per heavy atom. The first-order valence-electron chi connectivity index (χ1n) is 4.02. The third-order valence-corrected chi connectivity index (χ3v) is 3.16. The first-order valence-corrected chi connectivity index (χ1v) is 4.83. The van der Waals surface area contributed by atoms with Gasteiger partial charge in [-0.05, 0) is 31.9 Å². The molecule has 1 nitrogen and oxygen atoms in total. The summed E-state index contributed by atoms with van der Waals surface area (Å²) < 4.78 is 1.34. The second-order valence-corrected chi connectivity index (χ2v) is 4.31. The molecule has 1 aromatic heterocycles. The van der Waals surface area contributed by atoms with Crippen LogP contribution < -0.4 is 0 Å². The van der Waals surface area contributed by atoms with Crippen LogP contribution in [0.25, 0.3) is 10.2 Å². The third-order valence-electron chi connectivity index (χ3n) is 2.05. The largest absolute Gasteiger partial charge is 0.241 e. The molecule has 0 amide bonds. The molecule has 0 saturated heterocycles. The van der Waals surface area contributed by atoms with Gasteiger partial charge in [-0.15, -0.1) is 11.3 Å². The van der Waals surface area contributed by atoms with Crippen LogP contribution in [0.4, 0.5) is 0 Å². The summed E-state index contributed by atoms with van der Waals surface area (Å²) in [6.07, 6.45) is 0. The molecule has 0 spiro atoms. The molecule has 0 N–H and O–H groups in total. The summed E-state index contributed by atoms with van der Waals surface area (Å²) in [6, 6.07) is 4.30. The number of nitrogens with zero attached hydrogens (tertiary/aromatic N) is 1. The van der Waals surface area contributed by atoms with Crippen molar-refractivity contribution >= 4 is 21.6 Å². The van der Waals surface area contributed by atoms with Crippen LogP contribution in [0.3, 0.4) is 0 Å². The Kier molecular flexibility index (Phi) is 1.65. The lowest BCUT2D eigenvalue weighted by Gasteiger charge is -1.96. The molecule has 0 aliphatic heterocycles. The molecule has 0 aliphatic rings. The zero-order chi connectivity index (χ0) is 8.72. The molecule has 0 bridgehead atoms. The lowest BCUT2D eigenvalue weighted by atomic mass is 10.1. The smallest absolute Gasteiger partial charge is 0.0907 e. The molecule has 2 aromatic rings. The van der Waals surface area contributed by atoms with Crippen LogP contribution in [0.1, 0.15) is 16.1 Å². The average molecular weight is 177 g/mol. The fourth-order valence-electron chi connectivity index (χ4n) is 1.37. The van der Waals surface area contributed by atoms with Crippen molar-refractivity contribution in [3.8, 4) is 0 Å². The molecule has 0 aliphatic carbocycles. The summed E-state index contributed by atoms with van der Waals surface area (Å²) in [5.74, 6) is 0. The molecule has 1 aromatic carbocycles. The summed E-state index contributed by atoms with van der Waals surface area (Å²) in [6.45, 7) is 6.31. The fourth-order valence-corrected chi connectivity index (χ4v) is 2.33. The molecular weight excluding hydrogens is 166 g/mol. The number of aromatic nitrogens is 1. The summed E-state index contributed by atoms with van der Waals surface area (Å²) in [5, 5.41) is 1.16. The summed E-state index contributed by atoms with van der Waals surface area (Å²) in [4.78, 5) is 4.49. The van der Waals surface area contributed by atoms with Crippen molar-refractivity contribution in [1.29, 1.82) is 0 Å². The van der Waals surface area contributed by atoms with Gasteiger partial charge in [0, 0.05) is 0 Å². The van der Waals surface area contributed by atoms with Crippen molar-refractivity contribution in [2.75, 3.05) is 0 Å². The maximum absolute atomic E-state index is 4.49. The third kappa shape index (κ3) is 1.03. The van der Waals surface area contributed by atoms with Gasteiger partial charge in [-0.25, -0.2) is 4.98 Å². The lowest BCUT2D eigenvalue weighted by Crippen LogP contribution is -1.78. The molecule has 62 valence electrons. The number of aryl methyl sites for hydroxylation is 3. The van der Waals surface area contributed by atoms with Crippen molar-refractivity contribution in [2.45, 2.75) is 20.8 Å². The minimum absolute atomic E-state index is 1.16. The van der Waals surface area contributed by atoms with Gasteiger partial charge in [0.05, 0.1) is 15.2 Å².